The Bertz CT molecular complexity index is 992. The van der Waals surface area contributed by atoms with Crippen molar-refractivity contribution in [3.05, 3.63) is 76.0 Å². The zero-order chi connectivity index (χ0) is 19.2. The molecule has 8 heteroatoms. The molecule has 3 aromatic rings. The summed E-state index contributed by atoms with van der Waals surface area (Å²) < 4.78 is 0. The van der Waals surface area contributed by atoms with E-state index in [9.17, 15) is 14.9 Å². The Balaban J connectivity index is 1.50. The molecule has 0 unspecified atom stereocenters. The lowest BCUT2D eigenvalue weighted by atomic mass is 10.1. The number of carbonyl (C=O) groups excluding carboxylic acids is 1. The summed E-state index contributed by atoms with van der Waals surface area (Å²) in [7, 11) is 0. The van der Waals surface area contributed by atoms with Gasteiger partial charge in [-0.3, -0.25) is 10.1 Å². The van der Waals surface area contributed by atoms with Crippen LogP contribution in [0.2, 0.25) is 0 Å². The summed E-state index contributed by atoms with van der Waals surface area (Å²) in [6.45, 7) is 0. The molecule has 27 heavy (non-hydrogen) atoms. The van der Waals surface area contributed by atoms with E-state index < -0.39 is 10.9 Å². The van der Waals surface area contributed by atoms with Gasteiger partial charge in [0, 0.05) is 41.2 Å². The maximum absolute atomic E-state index is 11.8. The highest BCUT2D eigenvalue weighted by atomic mass is 16.7. The van der Waals surface area contributed by atoms with Gasteiger partial charge in [0.1, 0.15) is 0 Å². The van der Waals surface area contributed by atoms with E-state index in [4.69, 9.17) is 10.6 Å². The summed E-state index contributed by atoms with van der Waals surface area (Å²) >= 11 is 0. The molecule has 0 aliphatic heterocycles. The second-order valence-electron chi connectivity index (χ2n) is 5.96. The molecule has 8 nitrogen and oxygen atoms in total. The number of nitrogens with zero attached hydrogens (tertiary/aromatic N) is 2. The molecule has 2 aromatic carbocycles. The summed E-state index contributed by atoms with van der Waals surface area (Å²) in [5.41, 5.74) is 8.33. The molecule has 0 aliphatic carbocycles. The van der Waals surface area contributed by atoms with Crippen LogP contribution in [0.15, 0.2) is 59.9 Å². The molecule has 0 aliphatic rings. The molecule has 1 aromatic heterocycles. The number of nitrogens with one attached hydrogen (secondary N) is 1. The Kier molecular flexibility index (Phi) is 5.46. The predicted molar refractivity (Wildman–Crippen MR) is 101 cm³/mol. The molecule has 3 rings (SSSR count). The molecule has 0 fully saturated rings. The first-order chi connectivity index (χ1) is 13.0. The van der Waals surface area contributed by atoms with Crippen molar-refractivity contribution in [2.45, 2.75) is 19.3 Å². The lowest BCUT2D eigenvalue weighted by Gasteiger charge is -2.02. The molecule has 0 spiro atoms. The first-order valence-corrected chi connectivity index (χ1v) is 8.38. The molecule has 1 heterocycles. The number of amidine groups is 1. The third-order valence-corrected chi connectivity index (χ3v) is 4.12. The zero-order valence-corrected chi connectivity index (χ0v) is 14.4. The number of nitrogens with two attached hydrogens (primary N) is 1. The van der Waals surface area contributed by atoms with E-state index in [1.165, 1.54) is 24.3 Å². The van der Waals surface area contributed by atoms with E-state index in [1.54, 1.807) is 0 Å². The van der Waals surface area contributed by atoms with E-state index >= 15 is 0 Å². The zero-order valence-electron chi connectivity index (χ0n) is 14.4. The quantitative estimate of drug-likeness (QED) is 0.218. The Morgan fingerprint density at radius 1 is 1.19 bits per heavy atom. The highest BCUT2D eigenvalue weighted by Gasteiger charge is 2.09. The van der Waals surface area contributed by atoms with E-state index in [1.807, 2.05) is 30.5 Å². The van der Waals surface area contributed by atoms with Crippen LogP contribution in [0.25, 0.3) is 10.9 Å². The number of aromatic nitrogens is 1. The molecule has 0 saturated carbocycles. The highest BCUT2D eigenvalue weighted by Crippen LogP contribution is 2.19. The van der Waals surface area contributed by atoms with E-state index in [-0.39, 0.29) is 17.9 Å². The second kappa shape index (κ2) is 8.13. The van der Waals surface area contributed by atoms with Gasteiger partial charge in [0.05, 0.1) is 4.92 Å². The fourth-order valence-electron chi connectivity index (χ4n) is 2.71. The lowest BCUT2D eigenvalue weighted by molar-refractivity contribution is -0.384. The average molecular weight is 366 g/mol. The molecule has 0 atom stereocenters. The van der Waals surface area contributed by atoms with Gasteiger partial charge in [-0.2, -0.15) is 0 Å². The highest BCUT2D eigenvalue weighted by molar-refractivity contribution is 5.97. The van der Waals surface area contributed by atoms with Crippen molar-refractivity contribution >= 4 is 28.4 Å². The topological polar surface area (TPSA) is 124 Å². The maximum Gasteiger partial charge on any atom is 0.335 e. The van der Waals surface area contributed by atoms with Crippen molar-refractivity contribution in [3.63, 3.8) is 0 Å². The number of carbonyl (C=O) groups is 1. The van der Waals surface area contributed by atoms with E-state index in [0.717, 1.165) is 22.9 Å². The lowest BCUT2D eigenvalue weighted by Crippen LogP contribution is -2.15. The largest absolute Gasteiger partial charge is 0.380 e. The fraction of sp³-hybridized carbons (Fsp3) is 0.158. The molecule has 0 amide bonds. The van der Waals surface area contributed by atoms with Crippen LogP contribution in [-0.2, 0) is 16.1 Å². The summed E-state index contributed by atoms with van der Waals surface area (Å²) in [5.74, 6) is -0.505. The van der Waals surface area contributed by atoms with Crippen LogP contribution in [-0.4, -0.2) is 21.7 Å². The van der Waals surface area contributed by atoms with Crippen LogP contribution in [0.3, 0.4) is 0 Å². The van der Waals surface area contributed by atoms with Gasteiger partial charge in [-0.25, -0.2) is 4.79 Å². The summed E-state index contributed by atoms with van der Waals surface area (Å²) in [6, 6.07) is 13.5. The number of para-hydroxylation sites is 1. The van der Waals surface area contributed by atoms with Crippen molar-refractivity contribution in [2.75, 3.05) is 0 Å². The normalized spacial score (nSPS) is 11.5. The number of H-pyrrole nitrogens is 1. The molecular weight excluding hydrogens is 348 g/mol. The Morgan fingerprint density at radius 3 is 2.67 bits per heavy atom. The van der Waals surface area contributed by atoms with E-state index in [2.05, 4.69) is 10.1 Å². The van der Waals surface area contributed by atoms with Gasteiger partial charge < -0.3 is 15.6 Å². The van der Waals surface area contributed by atoms with Crippen molar-refractivity contribution in [3.8, 4) is 0 Å². The number of fused-ring (bicyclic) bond motifs is 1. The first kappa shape index (κ1) is 18.1. The Morgan fingerprint density at radius 2 is 1.93 bits per heavy atom. The summed E-state index contributed by atoms with van der Waals surface area (Å²) in [4.78, 5) is 30.0. The smallest absolute Gasteiger partial charge is 0.335 e. The Hall–Kier alpha value is -3.68. The number of hydrogen-bond donors (Lipinski definition) is 2. The standard InChI is InChI=1S/C19H18N4O4/c20-19(13-8-10-15(11-9-13)23(25)26)22-27-18(24)7-3-4-14-12-21-17-6-2-1-5-16(14)17/h1-2,5-6,8-12,21H,3-4,7H2,(H2,20,22). The molecular formula is C19H18N4O4. The van der Waals surface area contributed by atoms with Gasteiger partial charge in [-0.05, 0) is 36.6 Å². The van der Waals surface area contributed by atoms with Crippen LogP contribution >= 0.6 is 0 Å². The first-order valence-electron chi connectivity index (χ1n) is 8.38. The predicted octanol–water partition coefficient (Wildman–Crippen LogP) is 3.26. The van der Waals surface area contributed by atoms with Crippen LogP contribution in [0.1, 0.15) is 24.0 Å². The Labute approximate surface area is 154 Å². The van der Waals surface area contributed by atoms with Crippen molar-refractivity contribution in [1.29, 1.82) is 0 Å². The number of aromatic amines is 1. The minimum Gasteiger partial charge on any atom is -0.380 e. The van der Waals surface area contributed by atoms with Gasteiger partial charge in [0.25, 0.3) is 5.69 Å². The molecule has 0 bridgehead atoms. The van der Waals surface area contributed by atoms with Crippen molar-refractivity contribution < 1.29 is 14.6 Å². The average Bonchev–Trinajstić information content (AvgIpc) is 3.09. The van der Waals surface area contributed by atoms with Crippen LogP contribution in [0, 0.1) is 10.1 Å². The van der Waals surface area contributed by atoms with Crippen molar-refractivity contribution in [2.24, 2.45) is 10.9 Å². The number of hydrogen-bond acceptors (Lipinski definition) is 5. The van der Waals surface area contributed by atoms with Gasteiger partial charge in [-0.1, -0.05) is 23.4 Å². The fourth-order valence-corrected chi connectivity index (χ4v) is 2.71. The number of rotatable bonds is 7. The third-order valence-electron chi connectivity index (χ3n) is 4.12. The number of oxime groups is 1. The van der Waals surface area contributed by atoms with Gasteiger partial charge in [0.2, 0.25) is 0 Å². The monoisotopic (exact) mass is 366 g/mol. The summed E-state index contributed by atoms with van der Waals surface area (Å²) in [5, 5.41) is 15.4. The maximum atomic E-state index is 11.8. The SMILES string of the molecule is N/C(=N\OC(=O)CCCc1c[nH]c2ccccc12)c1ccc([N+](=O)[O-])cc1. The number of benzene rings is 2. The second-order valence-corrected chi connectivity index (χ2v) is 5.96. The minimum absolute atomic E-state index is 0.0186. The molecule has 138 valence electrons. The van der Waals surface area contributed by atoms with Gasteiger partial charge in [0.15, 0.2) is 5.84 Å². The van der Waals surface area contributed by atoms with Gasteiger partial charge >= 0.3 is 5.97 Å². The van der Waals surface area contributed by atoms with E-state index in [0.29, 0.717) is 12.0 Å². The molecule has 0 saturated heterocycles. The van der Waals surface area contributed by atoms with Crippen molar-refractivity contribution in [1.82, 2.24) is 4.98 Å². The van der Waals surface area contributed by atoms with Gasteiger partial charge in [-0.15, -0.1) is 0 Å². The minimum atomic E-state index is -0.509. The summed E-state index contributed by atoms with van der Waals surface area (Å²) in [6.07, 6.45) is 3.51. The van der Waals surface area contributed by atoms with Crippen LogP contribution in [0.4, 0.5) is 5.69 Å². The number of non-ortho nitro benzene ring substituents is 1. The number of nitro groups is 1. The molecule has 3 N–H and O–H groups in total. The third kappa shape index (κ3) is 4.49. The van der Waals surface area contributed by atoms with Crippen LogP contribution in [0.5, 0.6) is 0 Å². The molecule has 0 radical (unpaired) electrons. The number of aryl methyl sites for hydroxylation is 1. The van der Waals surface area contributed by atoms with Crippen LogP contribution < -0.4 is 5.73 Å². The number of nitro benzene ring substituents is 1.